The van der Waals surface area contributed by atoms with Crippen molar-refractivity contribution in [2.45, 2.75) is 18.1 Å². The maximum Gasteiger partial charge on any atom is 0.250 e. The van der Waals surface area contributed by atoms with Crippen molar-refractivity contribution < 1.29 is 8.42 Å². The SMILES string of the molecule is Cn1c(=O)ccc2cc(NS(=O)(=O)C3CC3)ccc21. The van der Waals surface area contributed by atoms with Gasteiger partial charge in [-0.25, -0.2) is 8.42 Å². The van der Waals surface area contributed by atoms with Crippen LogP contribution in [0.2, 0.25) is 0 Å². The summed E-state index contributed by atoms with van der Waals surface area (Å²) in [5.41, 5.74) is 1.23. The fourth-order valence-electron chi connectivity index (χ4n) is 2.07. The van der Waals surface area contributed by atoms with E-state index in [1.54, 1.807) is 31.3 Å². The zero-order chi connectivity index (χ0) is 13.6. The zero-order valence-corrected chi connectivity index (χ0v) is 11.3. The van der Waals surface area contributed by atoms with Crippen LogP contribution >= 0.6 is 0 Å². The summed E-state index contributed by atoms with van der Waals surface area (Å²) in [7, 11) is -1.55. The van der Waals surface area contributed by atoms with E-state index in [9.17, 15) is 13.2 Å². The molecule has 0 aliphatic heterocycles. The molecule has 1 N–H and O–H groups in total. The molecular formula is C13H14N2O3S. The van der Waals surface area contributed by atoms with Crippen LogP contribution in [-0.2, 0) is 17.1 Å². The second-order valence-corrected chi connectivity index (χ2v) is 6.81. The average Bonchev–Trinajstić information content (AvgIpc) is 3.18. The molecule has 0 unspecified atom stereocenters. The Morgan fingerprint density at radius 3 is 2.63 bits per heavy atom. The lowest BCUT2D eigenvalue weighted by Crippen LogP contribution is -2.18. The van der Waals surface area contributed by atoms with E-state index in [-0.39, 0.29) is 10.8 Å². The minimum absolute atomic E-state index is 0.0844. The molecule has 0 saturated heterocycles. The van der Waals surface area contributed by atoms with E-state index in [4.69, 9.17) is 0 Å². The molecule has 1 aliphatic carbocycles. The van der Waals surface area contributed by atoms with Crippen LogP contribution in [0, 0.1) is 0 Å². The number of nitrogens with zero attached hydrogens (tertiary/aromatic N) is 1. The highest BCUT2D eigenvalue weighted by Gasteiger charge is 2.35. The predicted molar refractivity (Wildman–Crippen MR) is 74.8 cm³/mol. The zero-order valence-electron chi connectivity index (χ0n) is 10.5. The first kappa shape index (κ1) is 12.2. The van der Waals surface area contributed by atoms with Gasteiger partial charge in [0.05, 0.1) is 10.8 Å². The fourth-order valence-corrected chi connectivity index (χ4v) is 3.45. The highest BCUT2D eigenvalue weighted by molar-refractivity contribution is 7.93. The number of aryl methyl sites for hydroxylation is 1. The summed E-state index contributed by atoms with van der Waals surface area (Å²) >= 11 is 0. The molecule has 1 aliphatic rings. The fraction of sp³-hybridized carbons (Fsp3) is 0.308. The van der Waals surface area contributed by atoms with Crippen molar-refractivity contribution in [3.8, 4) is 0 Å². The van der Waals surface area contributed by atoms with E-state index in [0.717, 1.165) is 23.7 Å². The van der Waals surface area contributed by atoms with Gasteiger partial charge in [0.25, 0.3) is 5.56 Å². The molecule has 3 rings (SSSR count). The molecule has 1 fully saturated rings. The minimum atomic E-state index is -3.25. The van der Waals surface area contributed by atoms with E-state index in [1.807, 2.05) is 0 Å². The van der Waals surface area contributed by atoms with Crippen LogP contribution in [0.25, 0.3) is 10.9 Å². The topological polar surface area (TPSA) is 68.2 Å². The minimum Gasteiger partial charge on any atom is -0.311 e. The largest absolute Gasteiger partial charge is 0.311 e. The summed E-state index contributed by atoms with van der Waals surface area (Å²) in [5.74, 6) is 0. The third-order valence-corrected chi connectivity index (χ3v) is 5.22. The average molecular weight is 278 g/mol. The van der Waals surface area contributed by atoms with E-state index in [1.165, 1.54) is 10.6 Å². The summed E-state index contributed by atoms with van der Waals surface area (Å²) in [6.45, 7) is 0. The number of sulfonamides is 1. The van der Waals surface area contributed by atoms with Crippen LogP contribution in [0.1, 0.15) is 12.8 Å². The van der Waals surface area contributed by atoms with Gasteiger partial charge >= 0.3 is 0 Å². The Hall–Kier alpha value is -1.82. The van der Waals surface area contributed by atoms with Gasteiger partial charge in [-0.3, -0.25) is 9.52 Å². The lowest BCUT2D eigenvalue weighted by atomic mass is 10.2. The maximum atomic E-state index is 11.9. The number of rotatable bonds is 3. The quantitative estimate of drug-likeness (QED) is 0.923. The number of pyridine rings is 1. The predicted octanol–water partition coefficient (Wildman–Crippen LogP) is 1.44. The lowest BCUT2D eigenvalue weighted by molar-refractivity contribution is 0.600. The van der Waals surface area contributed by atoms with Gasteiger partial charge in [0, 0.05) is 24.2 Å². The maximum absolute atomic E-state index is 11.9. The molecule has 5 nitrogen and oxygen atoms in total. The van der Waals surface area contributed by atoms with Crippen molar-refractivity contribution >= 4 is 26.6 Å². The van der Waals surface area contributed by atoms with Crippen LogP contribution < -0.4 is 10.3 Å². The number of hydrogen-bond acceptors (Lipinski definition) is 3. The number of fused-ring (bicyclic) bond motifs is 1. The van der Waals surface area contributed by atoms with Crippen molar-refractivity contribution in [2.24, 2.45) is 7.05 Å². The standard InChI is InChI=1S/C13H14N2O3S/c1-15-12-6-3-10(8-9(12)2-7-13(15)16)14-19(17,18)11-4-5-11/h2-3,6-8,11,14H,4-5H2,1H3. The molecule has 19 heavy (non-hydrogen) atoms. The van der Waals surface area contributed by atoms with E-state index in [0.29, 0.717) is 5.69 Å². The second-order valence-electron chi connectivity index (χ2n) is 4.85. The smallest absolute Gasteiger partial charge is 0.250 e. The first-order valence-electron chi connectivity index (χ1n) is 6.09. The van der Waals surface area contributed by atoms with Crippen LogP contribution in [0.3, 0.4) is 0 Å². The Morgan fingerprint density at radius 2 is 1.95 bits per heavy atom. The van der Waals surface area contributed by atoms with Gasteiger partial charge in [0.2, 0.25) is 10.0 Å². The van der Waals surface area contributed by atoms with E-state index < -0.39 is 10.0 Å². The molecule has 2 aromatic rings. The first-order valence-corrected chi connectivity index (χ1v) is 7.63. The Bertz CT molecular complexity index is 804. The van der Waals surface area contributed by atoms with Gasteiger partial charge in [-0.1, -0.05) is 0 Å². The first-order chi connectivity index (χ1) is 8.97. The third-order valence-electron chi connectivity index (χ3n) is 3.35. The summed E-state index contributed by atoms with van der Waals surface area (Å²) in [5, 5.41) is 0.585. The van der Waals surface area contributed by atoms with Gasteiger partial charge in [-0.15, -0.1) is 0 Å². The molecule has 1 heterocycles. The van der Waals surface area contributed by atoms with Gasteiger partial charge in [-0.05, 0) is 37.1 Å². The van der Waals surface area contributed by atoms with Gasteiger partial charge < -0.3 is 4.57 Å². The van der Waals surface area contributed by atoms with Gasteiger partial charge in [0.15, 0.2) is 0 Å². The van der Waals surface area contributed by atoms with Crippen molar-refractivity contribution in [1.82, 2.24) is 4.57 Å². The molecule has 1 aromatic carbocycles. The summed E-state index contributed by atoms with van der Waals surface area (Å²) in [4.78, 5) is 11.5. The lowest BCUT2D eigenvalue weighted by Gasteiger charge is -2.09. The highest BCUT2D eigenvalue weighted by Crippen LogP contribution is 2.30. The van der Waals surface area contributed by atoms with Crippen molar-refractivity contribution in [3.63, 3.8) is 0 Å². The molecule has 100 valence electrons. The van der Waals surface area contributed by atoms with Crippen LogP contribution in [-0.4, -0.2) is 18.2 Å². The Balaban J connectivity index is 2.03. The molecule has 0 radical (unpaired) electrons. The molecular weight excluding hydrogens is 264 g/mol. The molecule has 1 saturated carbocycles. The summed E-state index contributed by atoms with van der Waals surface area (Å²) in [6.07, 6.45) is 1.47. The molecule has 0 atom stereocenters. The van der Waals surface area contributed by atoms with Crippen LogP contribution in [0.15, 0.2) is 35.1 Å². The van der Waals surface area contributed by atoms with Crippen molar-refractivity contribution in [2.75, 3.05) is 4.72 Å². The molecule has 1 aromatic heterocycles. The number of hydrogen-bond donors (Lipinski definition) is 1. The second kappa shape index (κ2) is 4.09. The molecule has 0 amide bonds. The van der Waals surface area contributed by atoms with Crippen LogP contribution in [0.4, 0.5) is 5.69 Å². The Morgan fingerprint density at radius 1 is 1.21 bits per heavy atom. The number of anilines is 1. The summed E-state index contributed by atoms with van der Waals surface area (Å²) in [6, 6.07) is 8.35. The number of benzene rings is 1. The van der Waals surface area contributed by atoms with Gasteiger partial charge in [-0.2, -0.15) is 0 Å². The molecule has 0 bridgehead atoms. The Labute approximate surface area is 110 Å². The van der Waals surface area contributed by atoms with E-state index in [2.05, 4.69) is 4.72 Å². The Kier molecular flexibility index (Phi) is 2.63. The van der Waals surface area contributed by atoms with E-state index >= 15 is 0 Å². The van der Waals surface area contributed by atoms with Crippen molar-refractivity contribution in [1.29, 1.82) is 0 Å². The number of aromatic nitrogens is 1. The highest BCUT2D eigenvalue weighted by atomic mass is 32.2. The normalized spacial score (nSPS) is 15.6. The molecule has 0 spiro atoms. The monoisotopic (exact) mass is 278 g/mol. The van der Waals surface area contributed by atoms with Gasteiger partial charge in [0.1, 0.15) is 0 Å². The van der Waals surface area contributed by atoms with Crippen molar-refractivity contribution in [3.05, 3.63) is 40.7 Å². The van der Waals surface area contributed by atoms with Crippen LogP contribution in [0.5, 0.6) is 0 Å². The third kappa shape index (κ3) is 2.23. The number of nitrogens with one attached hydrogen (secondary N) is 1. The molecule has 6 heteroatoms. The summed E-state index contributed by atoms with van der Waals surface area (Å²) < 4.78 is 27.8.